The van der Waals surface area contributed by atoms with E-state index >= 15 is 0 Å². The molecule has 26 heavy (non-hydrogen) atoms. The number of ether oxygens (including phenoxy) is 2. The van der Waals surface area contributed by atoms with Gasteiger partial charge in [0, 0.05) is 17.5 Å². The molecule has 0 spiro atoms. The van der Waals surface area contributed by atoms with E-state index < -0.39 is 0 Å². The van der Waals surface area contributed by atoms with Crippen LogP contribution in [0.2, 0.25) is 0 Å². The van der Waals surface area contributed by atoms with Gasteiger partial charge in [-0.05, 0) is 12.1 Å². The number of hydrogen-bond acceptors (Lipinski definition) is 3. The topological polar surface area (TPSA) is 68.9 Å². The van der Waals surface area contributed by atoms with Crippen LogP contribution in [0.1, 0.15) is 23.6 Å². The summed E-state index contributed by atoms with van der Waals surface area (Å²) in [4.78, 5) is 4.47. The summed E-state index contributed by atoms with van der Waals surface area (Å²) < 4.78 is 11.3. The zero-order valence-electron chi connectivity index (χ0n) is 14.6. The Balaban J connectivity index is 0.00000243. The maximum Gasteiger partial charge on any atom is 0.189 e. The highest BCUT2D eigenvalue weighted by molar-refractivity contribution is 14.0. The van der Waals surface area contributed by atoms with Crippen molar-refractivity contribution in [1.29, 1.82) is 0 Å². The number of benzene rings is 2. The lowest BCUT2D eigenvalue weighted by molar-refractivity contribution is 0.262. The molecule has 1 atom stereocenters. The van der Waals surface area contributed by atoms with Gasteiger partial charge in [0.25, 0.3) is 0 Å². The molecule has 0 fully saturated rings. The zero-order valence-corrected chi connectivity index (χ0v) is 16.9. The molecule has 1 aliphatic heterocycles. The van der Waals surface area contributed by atoms with Crippen LogP contribution in [-0.2, 0) is 6.54 Å². The summed E-state index contributed by atoms with van der Waals surface area (Å²) in [6.45, 7) is 5.26. The molecule has 138 valence electrons. The monoisotopic (exact) mass is 465 g/mol. The third-order valence-electron chi connectivity index (χ3n) is 4.03. The fourth-order valence-corrected chi connectivity index (χ4v) is 2.81. The van der Waals surface area contributed by atoms with Gasteiger partial charge in [-0.15, -0.1) is 24.0 Å². The standard InChI is InChI=1S/C20H23N3O2.HI/c1-2-12-24-18-9-5-3-7-15(18)14-22-20(21)23-17-11-13-25-19-10-6-4-8-16(17)19;/h2-10,17H,1,11-14H2,(H3,21,22,23);1H. The van der Waals surface area contributed by atoms with E-state index in [-0.39, 0.29) is 30.0 Å². The number of aliphatic imine (C=N–C) groups is 1. The molecule has 0 aliphatic carbocycles. The highest BCUT2D eigenvalue weighted by Gasteiger charge is 2.21. The van der Waals surface area contributed by atoms with Crippen LogP contribution in [-0.4, -0.2) is 19.2 Å². The summed E-state index contributed by atoms with van der Waals surface area (Å²) >= 11 is 0. The number of halogens is 1. The second-order valence-corrected chi connectivity index (χ2v) is 5.78. The number of para-hydroxylation sites is 2. The Kier molecular flexibility index (Phi) is 7.77. The van der Waals surface area contributed by atoms with Gasteiger partial charge in [0.2, 0.25) is 0 Å². The van der Waals surface area contributed by atoms with Gasteiger partial charge in [-0.3, -0.25) is 0 Å². The quantitative estimate of drug-likeness (QED) is 0.295. The number of guanidine groups is 1. The Morgan fingerprint density at radius 3 is 2.88 bits per heavy atom. The minimum atomic E-state index is 0. The van der Waals surface area contributed by atoms with Crippen LogP contribution in [0, 0.1) is 0 Å². The van der Waals surface area contributed by atoms with Gasteiger partial charge in [0.15, 0.2) is 5.96 Å². The fourth-order valence-electron chi connectivity index (χ4n) is 2.81. The van der Waals surface area contributed by atoms with Gasteiger partial charge in [-0.25, -0.2) is 4.99 Å². The molecule has 1 heterocycles. The number of nitrogens with zero attached hydrogens (tertiary/aromatic N) is 1. The van der Waals surface area contributed by atoms with Crippen LogP contribution in [0.3, 0.4) is 0 Å². The second-order valence-electron chi connectivity index (χ2n) is 5.78. The lowest BCUT2D eigenvalue weighted by Gasteiger charge is -2.26. The van der Waals surface area contributed by atoms with Crippen molar-refractivity contribution in [3.63, 3.8) is 0 Å². The average molecular weight is 465 g/mol. The summed E-state index contributed by atoms with van der Waals surface area (Å²) in [7, 11) is 0. The Bertz CT molecular complexity index is 764. The van der Waals surface area contributed by atoms with Crippen LogP contribution in [0.25, 0.3) is 0 Å². The molecule has 0 saturated heterocycles. The molecular weight excluding hydrogens is 441 g/mol. The van der Waals surface area contributed by atoms with E-state index in [9.17, 15) is 0 Å². The van der Waals surface area contributed by atoms with Gasteiger partial charge < -0.3 is 20.5 Å². The van der Waals surface area contributed by atoms with Crippen LogP contribution < -0.4 is 20.5 Å². The van der Waals surface area contributed by atoms with Gasteiger partial charge >= 0.3 is 0 Å². The van der Waals surface area contributed by atoms with Crippen molar-refractivity contribution in [3.8, 4) is 11.5 Å². The predicted molar refractivity (Wildman–Crippen MR) is 115 cm³/mol. The SMILES string of the molecule is C=CCOc1ccccc1CN=C(N)NC1CCOc2ccccc21.I. The molecule has 3 N–H and O–H groups in total. The van der Waals surface area contributed by atoms with Gasteiger partial charge in [-0.1, -0.05) is 49.1 Å². The normalized spacial score (nSPS) is 15.8. The Morgan fingerprint density at radius 2 is 2.04 bits per heavy atom. The molecule has 0 amide bonds. The Hall–Kier alpha value is -2.22. The van der Waals surface area contributed by atoms with Crippen molar-refractivity contribution in [2.45, 2.75) is 19.0 Å². The minimum absolute atomic E-state index is 0. The molecule has 2 aromatic carbocycles. The van der Waals surface area contributed by atoms with E-state index in [4.69, 9.17) is 15.2 Å². The first-order valence-electron chi connectivity index (χ1n) is 8.37. The molecule has 0 saturated carbocycles. The van der Waals surface area contributed by atoms with Crippen molar-refractivity contribution >= 4 is 29.9 Å². The lowest BCUT2D eigenvalue weighted by atomic mass is 10.0. The summed E-state index contributed by atoms with van der Waals surface area (Å²) in [5.41, 5.74) is 8.20. The van der Waals surface area contributed by atoms with Crippen molar-refractivity contribution in [2.24, 2.45) is 10.7 Å². The highest BCUT2D eigenvalue weighted by atomic mass is 127. The second kappa shape index (κ2) is 10.1. The molecule has 0 bridgehead atoms. The van der Waals surface area contributed by atoms with Crippen LogP contribution in [0.4, 0.5) is 0 Å². The third-order valence-corrected chi connectivity index (χ3v) is 4.03. The van der Waals surface area contributed by atoms with Gasteiger partial charge in [0.1, 0.15) is 18.1 Å². The molecule has 1 aliphatic rings. The molecule has 0 aromatic heterocycles. The predicted octanol–water partition coefficient (Wildman–Crippen LogP) is 3.80. The van der Waals surface area contributed by atoms with E-state index in [2.05, 4.69) is 23.0 Å². The summed E-state index contributed by atoms with van der Waals surface area (Å²) in [5.74, 6) is 2.12. The van der Waals surface area contributed by atoms with Crippen LogP contribution in [0.5, 0.6) is 11.5 Å². The van der Waals surface area contributed by atoms with Crippen LogP contribution >= 0.6 is 24.0 Å². The van der Waals surface area contributed by atoms with Crippen molar-refractivity contribution in [1.82, 2.24) is 5.32 Å². The number of hydrogen-bond donors (Lipinski definition) is 2. The molecule has 5 nitrogen and oxygen atoms in total. The summed E-state index contributed by atoms with van der Waals surface area (Å²) in [5, 5.41) is 3.30. The molecule has 6 heteroatoms. The summed E-state index contributed by atoms with van der Waals surface area (Å²) in [6, 6.07) is 15.9. The third kappa shape index (κ3) is 5.14. The van der Waals surface area contributed by atoms with Crippen molar-refractivity contribution in [3.05, 3.63) is 72.3 Å². The maximum atomic E-state index is 6.10. The smallest absolute Gasteiger partial charge is 0.189 e. The molecule has 2 aromatic rings. The van der Waals surface area contributed by atoms with E-state index in [0.29, 0.717) is 25.7 Å². The van der Waals surface area contributed by atoms with Crippen LogP contribution in [0.15, 0.2) is 66.2 Å². The first kappa shape index (κ1) is 20.1. The number of fused-ring (bicyclic) bond motifs is 1. The number of nitrogens with one attached hydrogen (secondary N) is 1. The fraction of sp³-hybridized carbons (Fsp3) is 0.250. The minimum Gasteiger partial charge on any atom is -0.493 e. The lowest BCUT2D eigenvalue weighted by Crippen LogP contribution is -2.37. The largest absolute Gasteiger partial charge is 0.493 e. The molecule has 3 rings (SSSR count). The average Bonchev–Trinajstić information content (AvgIpc) is 2.65. The van der Waals surface area contributed by atoms with Gasteiger partial charge in [0.05, 0.1) is 19.2 Å². The van der Waals surface area contributed by atoms with E-state index in [0.717, 1.165) is 29.0 Å². The molecule has 1 unspecified atom stereocenters. The molecule has 0 radical (unpaired) electrons. The van der Waals surface area contributed by atoms with Crippen molar-refractivity contribution < 1.29 is 9.47 Å². The Morgan fingerprint density at radius 1 is 1.27 bits per heavy atom. The highest BCUT2D eigenvalue weighted by Crippen LogP contribution is 2.31. The maximum absolute atomic E-state index is 6.10. The van der Waals surface area contributed by atoms with E-state index in [1.165, 1.54) is 0 Å². The summed E-state index contributed by atoms with van der Waals surface area (Å²) in [6.07, 6.45) is 2.57. The zero-order chi connectivity index (χ0) is 17.5. The van der Waals surface area contributed by atoms with Crippen molar-refractivity contribution in [2.75, 3.05) is 13.2 Å². The van der Waals surface area contributed by atoms with Gasteiger partial charge in [-0.2, -0.15) is 0 Å². The molecular formula is C20H24IN3O2. The number of rotatable bonds is 6. The first-order chi connectivity index (χ1) is 12.3. The van der Waals surface area contributed by atoms with E-state index in [1.807, 2.05) is 42.5 Å². The van der Waals surface area contributed by atoms with E-state index in [1.54, 1.807) is 6.08 Å². The Labute approximate surface area is 171 Å². The number of nitrogens with two attached hydrogens (primary N) is 1. The first-order valence-corrected chi connectivity index (χ1v) is 8.37.